The first-order valence-corrected chi connectivity index (χ1v) is 5.91. The van der Waals surface area contributed by atoms with E-state index in [9.17, 15) is 13.2 Å². The molecule has 0 bridgehead atoms. The van der Waals surface area contributed by atoms with Crippen LogP contribution in [0.1, 0.15) is 27.2 Å². The third-order valence-corrected chi connectivity index (χ3v) is 3.30. The van der Waals surface area contributed by atoms with Crippen LogP contribution in [-0.2, 0) is 14.6 Å². The highest BCUT2D eigenvalue weighted by Crippen LogP contribution is 2.01. The van der Waals surface area contributed by atoms with E-state index in [0.29, 0.717) is 6.42 Å². The van der Waals surface area contributed by atoms with E-state index in [1.165, 1.54) is 0 Å². The van der Waals surface area contributed by atoms with Gasteiger partial charge in [-0.2, -0.15) is 0 Å². The molecule has 3 nitrogen and oxygen atoms in total. The van der Waals surface area contributed by atoms with Gasteiger partial charge in [-0.25, -0.2) is 8.42 Å². The van der Waals surface area contributed by atoms with Crippen LogP contribution >= 0.6 is 0 Å². The Morgan fingerprint density at radius 3 is 2.17 bits per heavy atom. The van der Waals surface area contributed by atoms with Gasteiger partial charge < -0.3 is 0 Å². The predicted molar refractivity (Wildman–Crippen MR) is 48.8 cm³/mol. The minimum atomic E-state index is -3.14. The molecule has 0 aliphatic rings. The molecule has 0 aliphatic carbocycles. The zero-order chi connectivity index (χ0) is 9.78. The van der Waals surface area contributed by atoms with Crippen molar-refractivity contribution in [2.75, 3.05) is 11.5 Å². The van der Waals surface area contributed by atoms with Crippen LogP contribution in [0.15, 0.2) is 0 Å². The van der Waals surface area contributed by atoms with Crippen molar-refractivity contribution >= 4 is 15.6 Å². The summed E-state index contributed by atoms with van der Waals surface area (Å²) in [5, 5.41) is 0. The normalized spacial score (nSPS) is 12.0. The van der Waals surface area contributed by atoms with Crippen molar-refractivity contribution in [3.63, 3.8) is 0 Å². The third-order valence-electron chi connectivity index (χ3n) is 1.36. The van der Waals surface area contributed by atoms with Crippen LogP contribution in [0.25, 0.3) is 0 Å². The fraction of sp³-hybridized carbons (Fsp3) is 0.875. The Morgan fingerprint density at radius 2 is 1.83 bits per heavy atom. The second-order valence-corrected chi connectivity index (χ2v) is 5.45. The molecule has 0 aliphatic heterocycles. The maximum absolute atomic E-state index is 11.2. The number of Topliss-reactive ketones (excluding diaryl/α,β-unsaturated/α-hetero) is 1. The lowest BCUT2D eigenvalue weighted by Crippen LogP contribution is -2.20. The average molecular weight is 192 g/mol. The Kier molecular flexibility index (Phi) is 4.45. The van der Waals surface area contributed by atoms with Crippen molar-refractivity contribution in [3.8, 4) is 0 Å². The van der Waals surface area contributed by atoms with Crippen LogP contribution in [0.4, 0.5) is 0 Å². The molecule has 0 heterocycles. The van der Waals surface area contributed by atoms with Crippen molar-refractivity contribution in [1.29, 1.82) is 0 Å². The van der Waals surface area contributed by atoms with E-state index in [0.717, 1.165) is 0 Å². The molecular formula is C8H16O3S. The first kappa shape index (κ1) is 11.6. The number of carbonyl (C=O) groups is 1. The molecule has 0 aromatic heterocycles. The molecule has 0 radical (unpaired) electrons. The van der Waals surface area contributed by atoms with Gasteiger partial charge in [0.1, 0.15) is 11.5 Å². The van der Waals surface area contributed by atoms with Crippen molar-refractivity contribution in [2.45, 2.75) is 27.2 Å². The van der Waals surface area contributed by atoms with Crippen molar-refractivity contribution in [2.24, 2.45) is 5.92 Å². The monoisotopic (exact) mass is 192 g/mol. The minimum Gasteiger partial charge on any atom is -0.299 e. The van der Waals surface area contributed by atoms with Gasteiger partial charge in [0.2, 0.25) is 0 Å². The molecule has 0 amide bonds. The smallest absolute Gasteiger partial charge is 0.157 e. The second-order valence-electron chi connectivity index (χ2n) is 3.34. The van der Waals surface area contributed by atoms with Crippen LogP contribution in [0.2, 0.25) is 0 Å². The fourth-order valence-electron chi connectivity index (χ4n) is 0.914. The largest absolute Gasteiger partial charge is 0.299 e. The first-order valence-electron chi connectivity index (χ1n) is 4.09. The van der Waals surface area contributed by atoms with E-state index in [1.807, 2.05) is 13.8 Å². The van der Waals surface area contributed by atoms with Gasteiger partial charge in [-0.15, -0.1) is 0 Å². The van der Waals surface area contributed by atoms with Crippen LogP contribution in [-0.4, -0.2) is 25.7 Å². The molecule has 0 unspecified atom stereocenters. The van der Waals surface area contributed by atoms with E-state index in [2.05, 4.69) is 0 Å². The molecule has 0 aromatic rings. The van der Waals surface area contributed by atoms with Crippen molar-refractivity contribution in [3.05, 3.63) is 0 Å². The molecule has 0 atom stereocenters. The highest BCUT2D eigenvalue weighted by Gasteiger charge is 2.16. The van der Waals surface area contributed by atoms with Crippen LogP contribution in [0.3, 0.4) is 0 Å². The molecule has 0 rings (SSSR count). The quantitative estimate of drug-likeness (QED) is 0.654. The Morgan fingerprint density at radius 1 is 1.33 bits per heavy atom. The van der Waals surface area contributed by atoms with Gasteiger partial charge in [-0.05, 0) is 5.92 Å². The SMILES string of the molecule is CCC(=O)CS(=O)(=O)CC(C)C. The minimum absolute atomic E-state index is 0.0969. The summed E-state index contributed by atoms with van der Waals surface area (Å²) in [5.41, 5.74) is 0. The van der Waals surface area contributed by atoms with Gasteiger partial charge in [0, 0.05) is 6.42 Å². The molecule has 4 heteroatoms. The maximum Gasteiger partial charge on any atom is 0.157 e. The van der Waals surface area contributed by atoms with E-state index >= 15 is 0 Å². The Balaban J connectivity index is 4.15. The summed E-state index contributed by atoms with van der Waals surface area (Å²) in [5.74, 6) is -0.282. The number of hydrogen-bond acceptors (Lipinski definition) is 3. The molecule has 72 valence electrons. The van der Waals surface area contributed by atoms with Gasteiger partial charge in [0.05, 0.1) is 5.75 Å². The second kappa shape index (κ2) is 4.60. The van der Waals surface area contributed by atoms with E-state index in [4.69, 9.17) is 0 Å². The third kappa shape index (κ3) is 5.29. The molecule has 0 spiro atoms. The van der Waals surface area contributed by atoms with E-state index in [1.54, 1.807) is 6.92 Å². The van der Waals surface area contributed by atoms with Gasteiger partial charge in [0.15, 0.2) is 9.84 Å². The van der Waals surface area contributed by atoms with Crippen molar-refractivity contribution < 1.29 is 13.2 Å². The molecule has 0 N–H and O–H groups in total. The standard InChI is InChI=1S/C8H16O3S/c1-4-8(9)6-12(10,11)5-7(2)3/h7H,4-6H2,1-3H3. The summed E-state index contributed by atoms with van der Waals surface area (Å²) in [4.78, 5) is 10.8. The summed E-state index contributed by atoms with van der Waals surface area (Å²) in [7, 11) is -3.14. The van der Waals surface area contributed by atoms with Crippen LogP contribution < -0.4 is 0 Å². The molecule has 0 saturated carbocycles. The first-order chi connectivity index (χ1) is 5.37. The maximum atomic E-state index is 11.2. The Bertz CT molecular complexity index is 239. The zero-order valence-electron chi connectivity index (χ0n) is 7.83. The Hall–Kier alpha value is -0.380. The van der Waals surface area contributed by atoms with E-state index in [-0.39, 0.29) is 23.2 Å². The molecule has 12 heavy (non-hydrogen) atoms. The van der Waals surface area contributed by atoms with Gasteiger partial charge >= 0.3 is 0 Å². The predicted octanol–water partition coefficient (Wildman–Crippen LogP) is 1.04. The van der Waals surface area contributed by atoms with Crippen molar-refractivity contribution in [1.82, 2.24) is 0 Å². The molecule has 0 saturated heterocycles. The lowest BCUT2D eigenvalue weighted by molar-refractivity contribution is -0.116. The zero-order valence-corrected chi connectivity index (χ0v) is 8.65. The highest BCUT2D eigenvalue weighted by atomic mass is 32.2. The number of rotatable bonds is 5. The summed E-state index contributed by atoms with van der Waals surface area (Å²) < 4.78 is 22.4. The van der Waals surface area contributed by atoms with Gasteiger partial charge in [0.25, 0.3) is 0 Å². The lowest BCUT2D eigenvalue weighted by Gasteiger charge is -2.04. The number of ketones is 1. The summed E-state index contributed by atoms with van der Waals surface area (Å²) in [6.07, 6.45) is 0.303. The topological polar surface area (TPSA) is 51.2 Å². The Labute approximate surface area is 74.1 Å². The number of carbonyl (C=O) groups excluding carboxylic acids is 1. The summed E-state index contributed by atoms with van der Waals surface area (Å²) in [6, 6.07) is 0. The highest BCUT2D eigenvalue weighted by molar-refractivity contribution is 7.92. The summed E-state index contributed by atoms with van der Waals surface area (Å²) in [6.45, 7) is 5.33. The van der Waals surface area contributed by atoms with E-state index < -0.39 is 9.84 Å². The van der Waals surface area contributed by atoms with Gasteiger partial charge in [-0.1, -0.05) is 20.8 Å². The summed E-state index contributed by atoms with van der Waals surface area (Å²) >= 11 is 0. The van der Waals surface area contributed by atoms with Crippen LogP contribution in [0, 0.1) is 5.92 Å². The molecule has 0 aromatic carbocycles. The lowest BCUT2D eigenvalue weighted by atomic mass is 10.3. The van der Waals surface area contributed by atoms with Crippen LogP contribution in [0.5, 0.6) is 0 Å². The molecular weight excluding hydrogens is 176 g/mol. The fourth-order valence-corrected chi connectivity index (χ4v) is 2.74. The van der Waals surface area contributed by atoms with Gasteiger partial charge in [-0.3, -0.25) is 4.79 Å². The number of hydrogen-bond donors (Lipinski definition) is 0. The molecule has 0 fully saturated rings. The number of sulfone groups is 1. The average Bonchev–Trinajstić information content (AvgIpc) is 1.83.